The number of aryl methyl sites for hydroxylation is 2. The van der Waals surface area contributed by atoms with Crippen molar-refractivity contribution in [2.75, 3.05) is 7.11 Å². The standard InChI is InChI=1S/C19H20O.C17H16/c1-15-7-5-6-8-18(15)17-11-9-16(10-12-17)13-14-19(2,3)20-4;1-3-4-8-15-10-12-16(13-11-15)17-9-6-5-7-14(17)2/h5-12H,1-4H3;5-7,9-13H,3H2,1-2H3. The van der Waals surface area contributed by atoms with E-state index in [2.05, 4.69) is 142 Å². The van der Waals surface area contributed by atoms with E-state index in [1.54, 1.807) is 7.11 Å². The Morgan fingerprint density at radius 1 is 0.622 bits per heavy atom. The van der Waals surface area contributed by atoms with Crippen LogP contribution in [-0.4, -0.2) is 12.7 Å². The molecule has 37 heavy (non-hydrogen) atoms. The molecule has 0 fully saturated rings. The second-order valence-corrected chi connectivity index (χ2v) is 9.40. The van der Waals surface area contributed by atoms with Crippen molar-refractivity contribution < 1.29 is 4.74 Å². The van der Waals surface area contributed by atoms with Crippen molar-refractivity contribution in [1.29, 1.82) is 0 Å². The molecule has 0 spiro atoms. The minimum atomic E-state index is -0.408. The monoisotopic (exact) mass is 484 g/mol. The molecule has 4 aromatic carbocycles. The van der Waals surface area contributed by atoms with Gasteiger partial charge in [-0.3, -0.25) is 0 Å². The van der Waals surface area contributed by atoms with Crippen molar-refractivity contribution in [3.8, 4) is 45.9 Å². The summed E-state index contributed by atoms with van der Waals surface area (Å²) in [5.74, 6) is 12.5. The average molecular weight is 485 g/mol. The Bertz CT molecular complexity index is 1420. The predicted octanol–water partition coefficient (Wildman–Crippen LogP) is 8.86. The van der Waals surface area contributed by atoms with Crippen LogP contribution in [0.3, 0.4) is 0 Å². The number of hydrogen-bond donors (Lipinski definition) is 0. The van der Waals surface area contributed by atoms with E-state index in [0.717, 1.165) is 17.5 Å². The summed E-state index contributed by atoms with van der Waals surface area (Å²) < 4.78 is 5.29. The molecule has 1 heteroatoms. The number of rotatable bonds is 3. The third-order valence-corrected chi connectivity index (χ3v) is 6.11. The van der Waals surface area contributed by atoms with Crippen LogP contribution in [0.25, 0.3) is 22.3 Å². The lowest BCUT2D eigenvalue weighted by atomic mass is 9.99. The second kappa shape index (κ2) is 13.3. The van der Waals surface area contributed by atoms with Gasteiger partial charge < -0.3 is 4.74 Å². The molecule has 0 saturated carbocycles. The van der Waals surface area contributed by atoms with E-state index in [0.29, 0.717) is 0 Å². The maximum atomic E-state index is 5.29. The number of benzene rings is 4. The maximum Gasteiger partial charge on any atom is 0.123 e. The van der Waals surface area contributed by atoms with Gasteiger partial charge in [0.1, 0.15) is 5.60 Å². The van der Waals surface area contributed by atoms with Crippen LogP contribution < -0.4 is 0 Å². The minimum absolute atomic E-state index is 0.408. The van der Waals surface area contributed by atoms with Gasteiger partial charge in [-0.2, -0.15) is 0 Å². The van der Waals surface area contributed by atoms with E-state index in [1.165, 1.54) is 33.4 Å². The average Bonchev–Trinajstić information content (AvgIpc) is 2.92. The molecule has 0 aliphatic rings. The van der Waals surface area contributed by atoms with Gasteiger partial charge in [-0.15, -0.1) is 0 Å². The zero-order valence-corrected chi connectivity index (χ0v) is 22.9. The minimum Gasteiger partial charge on any atom is -0.366 e. The van der Waals surface area contributed by atoms with E-state index >= 15 is 0 Å². The van der Waals surface area contributed by atoms with Gasteiger partial charge in [0.15, 0.2) is 0 Å². The van der Waals surface area contributed by atoms with Crippen molar-refractivity contribution in [3.63, 3.8) is 0 Å². The molecule has 0 N–H and O–H groups in total. The molecule has 0 aliphatic carbocycles. The number of ether oxygens (including phenoxy) is 1. The zero-order valence-electron chi connectivity index (χ0n) is 22.9. The first kappa shape index (κ1) is 27.5. The highest BCUT2D eigenvalue weighted by Crippen LogP contribution is 2.24. The Kier molecular flexibility index (Phi) is 9.92. The molecule has 0 bridgehead atoms. The van der Waals surface area contributed by atoms with Gasteiger partial charge in [-0.05, 0) is 85.3 Å². The maximum absolute atomic E-state index is 5.29. The Hall–Kier alpha value is -4.04. The summed E-state index contributed by atoms with van der Waals surface area (Å²) >= 11 is 0. The van der Waals surface area contributed by atoms with Crippen molar-refractivity contribution in [2.45, 2.75) is 46.6 Å². The molecular weight excluding hydrogens is 448 g/mol. The predicted molar refractivity (Wildman–Crippen MR) is 158 cm³/mol. The van der Waals surface area contributed by atoms with Gasteiger partial charge in [0, 0.05) is 24.7 Å². The topological polar surface area (TPSA) is 9.23 Å². The molecule has 0 atom stereocenters. The van der Waals surface area contributed by atoms with Crippen LogP contribution >= 0.6 is 0 Å². The highest BCUT2D eigenvalue weighted by Gasteiger charge is 2.10. The summed E-state index contributed by atoms with van der Waals surface area (Å²) in [6, 6.07) is 33.6. The number of hydrogen-bond acceptors (Lipinski definition) is 1. The summed E-state index contributed by atoms with van der Waals surface area (Å²) in [6.07, 6.45) is 0.902. The van der Waals surface area contributed by atoms with E-state index in [-0.39, 0.29) is 0 Å². The van der Waals surface area contributed by atoms with Crippen LogP contribution in [0.2, 0.25) is 0 Å². The molecule has 0 amide bonds. The third kappa shape index (κ3) is 8.25. The first-order chi connectivity index (χ1) is 17.8. The van der Waals surface area contributed by atoms with E-state index in [9.17, 15) is 0 Å². The fraction of sp³-hybridized carbons (Fsp3) is 0.222. The number of methoxy groups -OCH3 is 1. The first-order valence-corrected chi connectivity index (χ1v) is 12.7. The largest absolute Gasteiger partial charge is 0.366 e. The Balaban J connectivity index is 0.000000208. The van der Waals surface area contributed by atoms with E-state index in [1.807, 2.05) is 13.8 Å². The molecule has 0 aliphatic heterocycles. The molecule has 0 aromatic heterocycles. The van der Waals surface area contributed by atoms with Crippen LogP contribution in [0, 0.1) is 37.5 Å². The van der Waals surface area contributed by atoms with Crippen LogP contribution in [0.4, 0.5) is 0 Å². The molecule has 0 unspecified atom stereocenters. The van der Waals surface area contributed by atoms with Gasteiger partial charge in [0.25, 0.3) is 0 Å². The smallest absolute Gasteiger partial charge is 0.123 e. The van der Waals surface area contributed by atoms with Crippen LogP contribution in [0.5, 0.6) is 0 Å². The van der Waals surface area contributed by atoms with Crippen LogP contribution in [-0.2, 0) is 4.74 Å². The van der Waals surface area contributed by atoms with Gasteiger partial charge in [-0.25, -0.2) is 0 Å². The fourth-order valence-corrected chi connectivity index (χ4v) is 3.72. The molecule has 1 nitrogen and oxygen atoms in total. The van der Waals surface area contributed by atoms with Crippen LogP contribution in [0.1, 0.15) is 49.4 Å². The Labute approximate surface area is 223 Å². The molecule has 186 valence electrons. The molecule has 4 rings (SSSR count). The molecule has 0 saturated heterocycles. The van der Waals surface area contributed by atoms with Crippen molar-refractivity contribution >= 4 is 0 Å². The Morgan fingerprint density at radius 3 is 1.46 bits per heavy atom. The first-order valence-electron chi connectivity index (χ1n) is 12.7. The normalized spacial score (nSPS) is 10.2. The van der Waals surface area contributed by atoms with Crippen molar-refractivity contribution in [1.82, 2.24) is 0 Å². The zero-order chi connectivity index (χ0) is 26.7. The van der Waals surface area contributed by atoms with Gasteiger partial charge in [0.05, 0.1) is 0 Å². The van der Waals surface area contributed by atoms with E-state index < -0.39 is 5.60 Å². The third-order valence-electron chi connectivity index (χ3n) is 6.11. The fourth-order valence-electron chi connectivity index (χ4n) is 3.72. The molecular formula is C36H36O. The summed E-state index contributed by atoms with van der Waals surface area (Å²) in [6.45, 7) is 10.3. The molecule has 4 aromatic rings. The quantitative estimate of drug-likeness (QED) is 0.264. The lowest BCUT2D eigenvalue weighted by molar-refractivity contribution is 0.0742. The highest BCUT2D eigenvalue weighted by atomic mass is 16.5. The van der Waals surface area contributed by atoms with E-state index in [4.69, 9.17) is 4.74 Å². The van der Waals surface area contributed by atoms with Crippen molar-refractivity contribution in [3.05, 3.63) is 119 Å². The van der Waals surface area contributed by atoms with Gasteiger partial charge >= 0.3 is 0 Å². The second-order valence-electron chi connectivity index (χ2n) is 9.40. The lowest BCUT2D eigenvalue weighted by Crippen LogP contribution is -2.19. The Morgan fingerprint density at radius 2 is 1.05 bits per heavy atom. The van der Waals surface area contributed by atoms with Crippen LogP contribution in [0.15, 0.2) is 97.1 Å². The molecule has 0 heterocycles. The van der Waals surface area contributed by atoms with Gasteiger partial charge in [-0.1, -0.05) is 103 Å². The SMILES string of the molecule is CCC#Cc1ccc(-c2ccccc2C)cc1.COC(C)(C)C#Cc1ccc(-c2ccccc2C)cc1. The van der Waals surface area contributed by atoms with Crippen molar-refractivity contribution in [2.24, 2.45) is 0 Å². The van der Waals surface area contributed by atoms with Gasteiger partial charge in [0.2, 0.25) is 0 Å². The lowest BCUT2D eigenvalue weighted by Gasteiger charge is -2.14. The highest BCUT2D eigenvalue weighted by molar-refractivity contribution is 5.68. The summed E-state index contributed by atoms with van der Waals surface area (Å²) in [5.41, 5.74) is 9.31. The molecule has 0 radical (unpaired) electrons. The summed E-state index contributed by atoms with van der Waals surface area (Å²) in [4.78, 5) is 0. The summed E-state index contributed by atoms with van der Waals surface area (Å²) in [5, 5.41) is 0. The summed E-state index contributed by atoms with van der Waals surface area (Å²) in [7, 11) is 1.68.